The molecule has 0 saturated heterocycles. The molecule has 1 aromatic heterocycles. The van der Waals surface area contributed by atoms with Crippen molar-refractivity contribution in [2.75, 3.05) is 11.1 Å². The first-order chi connectivity index (χ1) is 11.1. The summed E-state index contributed by atoms with van der Waals surface area (Å²) >= 11 is 1.45. The van der Waals surface area contributed by atoms with E-state index >= 15 is 0 Å². The zero-order valence-corrected chi connectivity index (χ0v) is 14.0. The van der Waals surface area contributed by atoms with Crippen LogP contribution in [0.4, 0.5) is 5.69 Å². The van der Waals surface area contributed by atoms with E-state index in [-0.39, 0.29) is 5.91 Å². The van der Waals surface area contributed by atoms with Crippen molar-refractivity contribution in [3.63, 3.8) is 0 Å². The number of para-hydroxylation sites is 1. The average Bonchev–Trinajstić information content (AvgIpc) is 2.52. The van der Waals surface area contributed by atoms with Gasteiger partial charge in [0.2, 0.25) is 5.91 Å². The molecule has 0 unspecified atom stereocenters. The molecule has 0 aliphatic heterocycles. The Morgan fingerprint density at radius 2 is 1.78 bits per heavy atom. The lowest BCUT2D eigenvalue weighted by Gasteiger charge is -2.07. The Kier molecular flexibility index (Phi) is 4.63. The number of pyridine rings is 1. The molecule has 3 nitrogen and oxygen atoms in total. The number of hydrogen-bond acceptors (Lipinski definition) is 3. The number of fused-ring (bicyclic) bond motifs is 1. The van der Waals surface area contributed by atoms with Gasteiger partial charge in [0, 0.05) is 11.1 Å². The maximum atomic E-state index is 12.1. The summed E-state index contributed by atoms with van der Waals surface area (Å²) in [6.45, 7) is 4.05. The predicted molar refractivity (Wildman–Crippen MR) is 97.0 cm³/mol. The molecule has 0 aliphatic rings. The number of carbonyl (C=O) groups excluding carboxylic acids is 1. The van der Waals surface area contributed by atoms with Crippen LogP contribution in [0.15, 0.2) is 59.6 Å². The number of rotatable bonds is 4. The van der Waals surface area contributed by atoms with E-state index in [1.807, 2.05) is 62.4 Å². The first-order valence-corrected chi connectivity index (χ1v) is 8.45. The van der Waals surface area contributed by atoms with Gasteiger partial charge >= 0.3 is 0 Å². The van der Waals surface area contributed by atoms with E-state index in [0.717, 1.165) is 32.7 Å². The summed E-state index contributed by atoms with van der Waals surface area (Å²) in [7, 11) is 0. The van der Waals surface area contributed by atoms with Crippen LogP contribution in [-0.4, -0.2) is 16.6 Å². The molecule has 1 amide bonds. The summed E-state index contributed by atoms with van der Waals surface area (Å²) < 4.78 is 0. The van der Waals surface area contributed by atoms with Gasteiger partial charge in [-0.1, -0.05) is 42.1 Å². The number of aromatic nitrogens is 1. The van der Waals surface area contributed by atoms with Gasteiger partial charge in [0.25, 0.3) is 0 Å². The van der Waals surface area contributed by atoms with Crippen LogP contribution in [0.25, 0.3) is 10.9 Å². The molecule has 3 rings (SSSR count). The van der Waals surface area contributed by atoms with Gasteiger partial charge in [-0.3, -0.25) is 4.79 Å². The molecule has 0 fully saturated rings. The maximum absolute atomic E-state index is 12.1. The van der Waals surface area contributed by atoms with E-state index < -0.39 is 0 Å². The van der Waals surface area contributed by atoms with Crippen LogP contribution in [0.2, 0.25) is 0 Å². The van der Waals surface area contributed by atoms with Gasteiger partial charge in [0.15, 0.2) is 0 Å². The van der Waals surface area contributed by atoms with E-state index in [2.05, 4.69) is 16.4 Å². The van der Waals surface area contributed by atoms with E-state index in [4.69, 9.17) is 0 Å². The van der Waals surface area contributed by atoms with Crippen molar-refractivity contribution < 1.29 is 4.79 Å². The third-order valence-electron chi connectivity index (χ3n) is 3.43. The molecule has 0 atom stereocenters. The average molecular weight is 322 g/mol. The molecule has 0 saturated carbocycles. The smallest absolute Gasteiger partial charge is 0.234 e. The molecule has 1 N–H and O–H groups in total. The van der Waals surface area contributed by atoms with Gasteiger partial charge in [0.1, 0.15) is 0 Å². The van der Waals surface area contributed by atoms with Crippen LogP contribution in [0, 0.1) is 13.8 Å². The first kappa shape index (κ1) is 15.6. The highest BCUT2D eigenvalue weighted by atomic mass is 32.2. The Hall–Kier alpha value is -2.33. The second-order valence-corrected chi connectivity index (χ2v) is 6.55. The number of aryl methyl sites for hydroxylation is 2. The van der Waals surface area contributed by atoms with Crippen LogP contribution in [0.3, 0.4) is 0 Å². The molecule has 0 spiro atoms. The van der Waals surface area contributed by atoms with Crippen LogP contribution >= 0.6 is 11.8 Å². The van der Waals surface area contributed by atoms with Gasteiger partial charge in [0.05, 0.1) is 16.3 Å². The highest BCUT2D eigenvalue weighted by Gasteiger charge is 2.06. The number of amides is 1. The van der Waals surface area contributed by atoms with E-state index in [9.17, 15) is 4.79 Å². The monoisotopic (exact) mass is 322 g/mol. The van der Waals surface area contributed by atoms with Gasteiger partial charge in [-0.05, 0) is 49.2 Å². The summed E-state index contributed by atoms with van der Waals surface area (Å²) in [5.74, 6) is 0.327. The Bertz CT molecular complexity index is 841. The third-order valence-corrected chi connectivity index (χ3v) is 4.36. The third kappa shape index (κ3) is 4.11. The molecular formula is C19H18N2OS. The molecule has 0 bridgehead atoms. The summed E-state index contributed by atoms with van der Waals surface area (Å²) in [6.07, 6.45) is 0. The van der Waals surface area contributed by atoms with Crippen molar-refractivity contribution in [3.8, 4) is 0 Å². The Morgan fingerprint density at radius 1 is 1.04 bits per heavy atom. The van der Waals surface area contributed by atoms with Crippen molar-refractivity contribution in [1.29, 1.82) is 0 Å². The standard InChI is InChI=1S/C19H18N2OS/c1-13-9-14(2)11-16(10-13)20-18(22)12-23-19-8-7-15-5-3-4-6-17(15)21-19/h3-11H,12H2,1-2H3,(H,20,22). The Balaban J connectivity index is 1.63. The lowest BCUT2D eigenvalue weighted by atomic mass is 10.1. The van der Waals surface area contributed by atoms with Crippen LogP contribution < -0.4 is 5.32 Å². The molecule has 2 aromatic carbocycles. The lowest BCUT2D eigenvalue weighted by molar-refractivity contribution is -0.113. The Morgan fingerprint density at radius 3 is 2.57 bits per heavy atom. The lowest BCUT2D eigenvalue weighted by Crippen LogP contribution is -2.14. The van der Waals surface area contributed by atoms with Crippen molar-refractivity contribution >= 4 is 34.3 Å². The second kappa shape index (κ2) is 6.84. The number of benzene rings is 2. The van der Waals surface area contributed by atoms with Gasteiger partial charge in [-0.2, -0.15) is 0 Å². The summed E-state index contributed by atoms with van der Waals surface area (Å²) in [5.41, 5.74) is 4.08. The highest BCUT2D eigenvalue weighted by molar-refractivity contribution is 7.99. The number of carbonyl (C=O) groups is 1. The maximum Gasteiger partial charge on any atom is 0.234 e. The Labute approximate surface area is 140 Å². The normalized spacial score (nSPS) is 10.7. The molecule has 23 heavy (non-hydrogen) atoms. The first-order valence-electron chi connectivity index (χ1n) is 7.47. The molecular weight excluding hydrogens is 304 g/mol. The fourth-order valence-electron chi connectivity index (χ4n) is 2.51. The second-order valence-electron chi connectivity index (χ2n) is 5.56. The molecule has 1 heterocycles. The minimum absolute atomic E-state index is 0.0186. The molecule has 0 aliphatic carbocycles. The molecule has 4 heteroatoms. The van der Waals surface area contributed by atoms with Crippen molar-refractivity contribution in [2.24, 2.45) is 0 Å². The van der Waals surface area contributed by atoms with Crippen molar-refractivity contribution in [1.82, 2.24) is 4.98 Å². The van der Waals surface area contributed by atoms with Crippen LogP contribution in [0.1, 0.15) is 11.1 Å². The topological polar surface area (TPSA) is 42.0 Å². The minimum Gasteiger partial charge on any atom is -0.325 e. The number of thioether (sulfide) groups is 1. The van der Waals surface area contributed by atoms with Crippen LogP contribution in [0.5, 0.6) is 0 Å². The number of nitrogens with one attached hydrogen (secondary N) is 1. The zero-order valence-electron chi connectivity index (χ0n) is 13.2. The molecule has 3 aromatic rings. The number of nitrogens with zero attached hydrogens (tertiary/aromatic N) is 1. The van der Waals surface area contributed by atoms with E-state index in [1.165, 1.54) is 11.8 Å². The highest BCUT2D eigenvalue weighted by Crippen LogP contribution is 2.20. The summed E-state index contributed by atoms with van der Waals surface area (Å²) in [5, 5.41) is 4.91. The molecule has 116 valence electrons. The minimum atomic E-state index is -0.0186. The number of anilines is 1. The summed E-state index contributed by atoms with van der Waals surface area (Å²) in [6, 6.07) is 18.0. The SMILES string of the molecule is Cc1cc(C)cc(NC(=O)CSc2ccc3ccccc3n2)c1. The zero-order chi connectivity index (χ0) is 16.2. The fraction of sp³-hybridized carbons (Fsp3) is 0.158. The van der Waals surface area contributed by atoms with Gasteiger partial charge < -0.3 is 5.32 Å². The van der Waals surface area contributed by atoms with E-state index in [0.29, 0.717) is 5.75 Å². The van der Waals surface area contributed by atoms with Crippen LogP contribution in [-0.2, 0) is 4.79 Å². The quantitative estimate of drug-likeness (QED) is 0.715. The molecule has 0 radical (unpaired) electrons. The van der Waals surface area contributed by atoms with Gasteiger partial charge in [-0.15, -0.1) is 0 Å². The predicted octanol–water partition coefficient (Wildman–Crippen LogP) is 4.58. The fourth-order valence-corrected chi connectivity index (χ4v) is 3.19. The number of hydrogen-bond donors (Lipinski definition) is 1. The van der Waals surface area contributed by atoms with Crippen molar-refractivity contribution in [2.45, 2.75) is 18.9 Å². The summed E-state index contributed by atoms with van der Waals surface area (Å²) in [4.78, 5) is 16.7. The van der Waals surface area contributed by atoms with Gasteiger partial charge in [-0.25, -0.2) is 4.98 Å². The van der Waals surface area contributed by atoms with Crippen molar-refractivity contribution in [3.05, 3.63) is 65.7 Å². The largest absolute Gasteiger partial charge is 0.325 e. The van der Waals surface area contributed by atoms with E-state index in [1.54, 1.807) is 0 Å².